The van der Waals surface area contributed by atoms with Gasteiger partial charge in [-0.2, -0.15) is 0 Å². The summed E-state index contributed by atoms with van der Waals surface area (Å²) < 4.78 is 9.89. The molecule has 1 aromatic carbocycles. The van der Waals surface area contributed by atoms with Gasteiger partial charge in [0.25, 0.3) is 0 Å². The zero-order valence-corrected chi connectivity index (χ0v) is 12.2. The minimum Gasteiger partial charge on any atom is -0.497 e. The molecule has 0 heterocycles. The third kappa shape index (κ3) is 6.62. The average Bonchev–Trinajstić information content (AvgIpc) is 2.47. The molecule has 0 atom stereocenters. The number of urea groups is 1. The maximum absolute atomic E-state index is 11.8. The standard InChI is InChI=1S/C14H20N2O5/c1-16(9-11-3-5-12(20-2)6-4-11)14(19)15-7-8-21-10-13(17)18/h3-6H,7-10H2,1-2H3,(H,15,19)(H,17,18). The molecule has 0 aliphatic carbocycles. The van der Waals surface area contributed by atoms with Crippen LogP contribution in [-0.2, 0) is 16.1 Å². The van der Waals surface area contributed by atoms with Gasteiger partial charge in [0.15, 0.2) is 0 Å². The van der Waals surface area contributed by atoms with Gasteiger partial charge in [0.2, 0.25) is 0 Å². The van der Waals surface area contributed by atoms with Gasteiger partial charge in [-0.1, -0.05) is 12.1 Å². The van der Waals surface area contributed by atoms with Crippen LogP contribution in [-0.4, -0.2) is 55.9 Å². The number of carbonyl (C=O) groups excluding carboxylic acids is 1. The summed E-state index contributed by atoms with van der Waals surface area (Å²) in [6.45, 7) is 0.525. The summed E-state index contributed by atoms with van der Waals surface area (Å²) in [7, 11) is 3.28. The van der Waals surface area contributed by atoms with Gasteiger partial charge < -0.3 is 24.8 Å². The Labute approximate surface area is 123 Å². The van der Waals surface area contributed by atoms with E-state index in [4.69, 9.17) is 14.6 Å². The van der Waals surface area contributed by atoms with E-state index in [-0.39, 0.29) is 25.8 Å². The van der Waals surface area contributed by atoms with Crippen LogP contribution in [0.5, 0.6) is 5.75 Å². The molecule has 0 saturated carbocycles. The summed E-state index contributed by atoms with van der Waals surface area (Å²) in [6.07, 6.45) is 0. The molecule has 0 aliphatic heterocycles. The molecule has 7 nitrogen and oxygen atoms in total. The van der Waals surface area contributed by atoms with Gasteiger partial charge in [-0.05, 0) is 17.7 Å². The lowest BCUT2D eigenvalue weighted by molar-refractivity contribution is -0.142. The van der Waals surface area contributed by atoms with E-state index in [0.29, 0.717) is 6.54 Å². The Kier molecular flexibility index (Phi) is 7.03. The number of aliphatic carboxylic acids is 1. The van der Waals surface area contributed by atoms with Gasteiger partial charge in [-0.15, -0.1) is 0 Å². The van der Waals surface area contributed by atoms with Crippen molar-refractivity contribution in [2.45, 2.75) is 6.54 Å². The van der Waals surface area contributed by atoms with Gasteiger partial charge in [-0.3, -0.25) is 0 Å². The second-order valence-corrected chi connectivity index (χ2v) is 4.38. The smallest absolute Gasteiger partial charge is 0.329 e. The molecule has 0 unspecified atom stereocenters. The number of hydrogen-bond acceptors (Lipinski definition) is 4. The normalized spacial score (nSPS) is 10.0. The number of carboxylic acids is 1. The third-order valence-corrected chi connectivity index (χ3v) is 2.67. The minimum atomic E-state index is -1.03. The number of carbonyl (C=O) groups is 2. The van der Waals surface area contributed by atoms with Crippen molar-refractivity contribution in [3.63, 3.8) is 0 Å². The van der Waals surface area contributed by atoms with E-state index in [1.807, 2.05) is 24.3 Å². The molecule has 1 rings (SSSR count). The Bertz CT molecular complexity index is 461. The highest BCUT2D eigenvalue weighted by Gasteiger charge is 2.08. The summed E-state index contributed by atoms with van der Waals surface area (Å²) in [6, 6.07) is 7.20. The predicted octanol–water partition coefficient (Wildman–Crippen LogP) is 0.938. The molecule has 0 bridgehead atoms. The van der Waals surface area contributed by atoms with E-state index in [0.717, 1.165) is 11.3 Å². The molecule has 2 amide bonds. The molecule has 2 N–H and O–H groups in total. The zero-order chi connectivity index (χ0) is 15.7. The highest BCUT2D eigenvalue weighted by molar-refractivity contribution is 5.73. The molecule has 0 spiro atoms. The number of amides is 2. The highest BCUT2D eigenvalue weighted by Crippen LogP contribution is 2.12. The number of carboxylic acid groups (broad SMARTS) is 1. The topological polar surface area (TPSA) is 88.1 Å². The molecular formula is C14H20N2O5. The van der Waals surface area contributed by atoms with Crippen LogP contribution in [0.4, 0.5) is 4.79 Å². The van der Waals surface area contributed by atoms with Crippen molar-refractivity contribution in [3.8, 4) is 5.75 Å². The van der Waals surface area contributed by atoms with Crippen LogP contribution >= 0.6 is 0 Å². The number of rotatable bonds is 8. The lowest BCUT2D eigenvalue weighted by Gasteiger charge is -2.18. The Hall–Kier alpha value is -2.28. The summed E-state index contributed by atoms with van der Waals surface area (Å²) in [5.41, 5.74) is 0.982. The largest absolute Gasteiger partial charge is 0.497 e. The Balaban J connectivity index is 2.28. The van der Waals surface area contributed by atoms with Crippen LogP contribution in [0.1, 0.15) is 5.56 Å². The van der Waals surface area contributed by atoms with Gasteiger partial charge in [-0.25, -0.2) is 9.59 Å². The summed E-state index contributed by atoms with van der Waals surface area (Å²) in [5, 5.41) is 11.0. The Morgan fingerprint density at radius 1 is 1.29 bits per heavy atom. The van der Waals surface area contributed by atoms with Crippen molar-refractivity contribution in [1.29, 1.82) is 0 Å². The van der Waals surface area contributed by atoms with Crippen LogP contribution in [0.25, 0.3) is 0 Å². The fourth-order valence-electron chi connectivity index (χ4n) is 1.60. The number of nitrogens with one attached hydrogen (secondary N) is 1. The molecule has 0 fully saturated rings. The number of nitrogens with zero attached hydrogens (tertiary/aromatic N) is 1. The monoisotopic (exact) mass is 296 g/mol. The van der Waals surface area contributed by atoms with Crippen molar-refractivity contribution in [2.75, 3.05) is 33.9 Å². The van der Waals surface area contributed by atoms with Crippen molar-refractivity contribution < 1.29 is 24.2 Å². The van der Waals surface area contributed by atoms with Crippen LogP contribution in [0.3, 0.4) is 0 Å². The highest BCUT2D eigenvalue weighted by atomic mass is 16.5. The van der Waals surface area contributed by atoms with Gasteiger partial charge in [0, 0.05) is 20.1 Å². The molecule has 21 heavy (non-hydrogen) atoms. The maximum Gasteiger partial charge on any atom is 0.329 e. The number of ether oxygens (including phenoxy) is 2. The van der Waals surface area contributed by atoms with E-state index in [9.17, 15) is 9.59 Å². The average molecular weight is 296 g/mol. The van der Waals surface area contributed by atoms with Gasteiger partial charge >= 0.3 is 12.0 Å². The zero-order valence-electron chi connectivity index (χ0n) is 12.2. The first-order valence-electron chi connectivity index (χ1n) is 6.44. The van der Waals surface area contributed by atoms with Crippen LogP contribution < -0.4 is 10.1 Å². The second kappa shape index (κ2) is 8.80. The Morgan fingerprint density at radius 3 is 2.52 bits per heavy atom. The van der Waals surface area contributed by atoms with Crippen molar-refractivity contribution >= 4 is 12.0 Å². The molecule has 116 valence electrons. The second-order valence-electron chi connectivity index (χ2n) is 4.38. The number of benzene rings is 1. The third-order valence-electron chi connectivity index (χ3n) is 2.67. The quantitative estimate of drug-likeness (QED) is 0.697. The first-order valence-corrected chi connectivity index (χ1v) is 6.44. The van der Waals surface area contributed by atoms with E-state index in [1.165, 1.54) is 4.90 Å². The van der Waals surface area contributed by atoms with E-state index in [2.05, 4.69) is 5.32 Å². The van der Waals surface area contributed by atoms with Crippen molar-refractivity contribution in [1.82, 2.24) is 10.2 Å². The molecule has 1 aromatic rings. The predicted molar refractivity (Wildman–Crippen MR) is 76.3 cm³/mol. The van der Waals surface area contributed by atoms with Crippen molar-refractivity contribution in [2.24, 2.45) is 0 Å². The minimum absolute atomic E-state index is 0.161. The summed E-state index contributed by atoms with van der Waals surface area (Å²) in [4.78, 5) is 23.5. The molecule has 7 heteroatoms. The van der Waals surface area contributed by atoms with E-state index < -0.39 is 5.97 Å². The molecule has 0 aliphatic rings. The summed E-state index contributed by atoms with van der Waals surface area (Å²) in [5.74, 6) is -0.264. The summed E-state index contributed by atoms with van der Waals surface area (Å²) >= 11 is 0. The lowest BCUT2D eigenvalue weighted by atomic mass is 10.2. The maximum atomic E-state index is 11.8. The van der Waals surface area contributed by atoms with Crippen LogP contribution in [0.2, 0.25) is 0 Å². The Morgan fingerprint density at radius 2 is 1.95 bits per heavy atom. The van der Waals surface area contributed by atoms with E-state index >= 15 is 0 Å². The lowest BCUT2D eigenvalue weighted by Crippen LogP contribution is -2.38. The molecule has 0 saturated heterocycles. The van der Waals surface area contributed by atoms with Gasteiger partial charge in [0.05, 0.1) is 13.7 Å². The van der Waals surface area contributed by atoms with Crippen LogP contribution in [0, 0.1) is 0 Å². The van der Waals surface area contributed by atoms with E-state index in [1.54, 1.807) is 14.2 Å². The number of hydrogen-bond donors (Lipinski definition) is 2. The molecule has 0 radical (unpaired) electrons. The SMILES string of the molecule is COc1ccc(CN(C)C(=O)NCCOCC(=O)O)cc1. The van der Waals surface area contributed by atoms with Crippen molar-refractivity contribution in [3.05, 3.63) is 29.8 Å². The first-order chi connectivity index (χ1) is 10.0. The first kappa shape index (κ1) is 16.8. The van der Waals surface area contributed by atoms with Gasteiger partial charge in [0.1, 0.15) is 12.4 Å². The number of methoxy groups -OCH3 is 1. The molecule has 0 aromatic heterocycles. The fourth-order valence-corrected chi connectivity index (χ4v) is 1.60. The van der Waals surface area contributed by atoms with Crippen LogP contribution in [0.15, 0.2) is 24.3 Å². The molecular weight excluding hydrogens is 276 g/mol. The fraction of sp³-hybridized carbons (Fsp3) is 0.429.